The summed E-state index contributed by atoms with van der Waals surface area (Å²) in [4.78, 5) is 29.8. The number of allylic oxidation sites excluding steroid dienone is 2. The van der Waals surface area contributed by atoms with Crippen molar-refractivity contribution in [3.63, 3.8) is 0 Å². The molecule has 0 aliphatic carbocycles. The maximum Gasteiger partial charge on any atom is 0.336 e. The second-order valence-electron chi connectivity index (χ2n) is 9.30. The zero-order valence-electron chi connectivity index (χ0n) is 20.8. The summed E-state index contributed by atoms with van der Waals surface area (Å²) in [6.07, 6.45) is 3.20. The fourth-order valence-electron chi connectivity index (χ4n) is 4.93. The van der Waals surface area contributed by atoms with E-state index in [0.29, 0.717) is 30.0 Å². The Balaban J connectivity index is 1.45. The van der Waals surface area contributed by atoms with Crippen LogP contribution in [0.4, 0.5) is 0 Å². The Hall–Kier alpha value is -2.64. The molecule has 7 heteroatoms. The summed E-state index contributed by atoms with van der Waals surface area (Å²) in [5.74, 6) is -1.80. The van der Waals surface area contributed by atoms with E-state index < -0.39 is 17.9 Å². The van der Waals surface area contributed by atoms with E-state index in [-0.39, 0.29) is 5.57 Å². The first-order chi connectivity index (χ1) is 16.4. The maximum atomic E-state index is 13.0. The quantitative estimate of drug-likeness (QED) is 0.377. The van der Waals surface area contributed by atoms with Crippen LogP contribution in [0.2, 0.25) is 0 Å². The molecule has 0 radical (unpaired) electrons. The van der Waals surface area contributed by atoms with Gasteiger partial charge in [-0.1, -0.05) is 50.1 Å². The zero-order valence-corrected chi connectivity index (χ0v) is 20.8. The first-order valence-corrected chi connectivity index (χ1v) is 12.5. The van der Waals surface area contributed by atoms with E-state index in [1.54, 1.807) is 6.92 Å². The van der Waals surface area contributed by atoms with Crippen LogP contribution in [0.25, 0.3) is 0 Å². The molecule has 2 aliphatic heterocycles. The van der Waals surface area contributed by atoms with Crippen molar-refractivity contribution in [3.8, 4) is 0 Å². The molecule has 0 bridgehead atoms. The van der Waals surface area contributed by atoms with Gasteiger partial charge in [0.25, 0.3) is 0 Å². The van der Waals surface area contributed by atoms with Crippen LogP contribution >= 0.6 is 0 Å². The Labute approximate surface area is 203 Å². The molecule has 1 atom stereocenters. The molecule has 2 heterocycles. The second-order valence-corrected chi connectivity index (χ2v) is 9.30. The number of nitrogens with one attached hydrogen (secondary N) is 1. The van der Waals surface area contributed by atoms with Crippen molar-refractivity contribution in [1.29, 1.82) is 0 Å². The minimum absolute atomic E-state index is 0.277. The lowest BCUT2D eigenvalue weighted by Gasteiger charge is -2.34. The highest BCUT2D eigenvalue weighted by atomic mass is 16.5. The molecule has 0 aromatic heterocycles. The number of piperazine rings is 1. The Bertz CT molecular complexity index is 902. The van der Waals surface area contributed by atoms with E-state index in [1.807, 2.05) is 13.0 Å². The first kappa shape index (κ1) is 26.0. The summed E-state index contributed by atoms with van der Waals surface area (Å²) in [6.45, 7) is 12.0. The molecular weight excluding hydrogens is 430 g/mol. The van der Waals surface area contributed by atoms with Crippen LogP contribution in [-0.2, 0) is 20.9 Å². The van der Waals surface area contributed by atoms with Gasteiger partial charge in [-0.3, -0.25) is 4.90 Å². The number of unbranched alkanes of at least 4 members (excludes halogenated alkanes) is 1. The van der Waals surface area contributed by atoms with E-state index in [9.17, 15) is 14.7 Å². The van der Waals surface area contributed by atoms with Crippen molar-refractivity contribution in [3.05, 3.63) is 58.4 Å². The molecule has 7 nitrogen and oxygen atoms in total. The molecule has 2 N–H and O–H groups in total. The van der Waals surface area contributed by atoms with Crippen LogP contribution in [0.15, 0.2) is 52.9 Å². The lowest BCUT2D eigenvalue weighted by molar-refractivity contribution is -0.140. The lowest BCUT2D eigenvalue weighted by Crippen LogP contribution is -2.46. The third-order valence-corrected chi connectivity index (χ3v) is 6.74. The van der Waals surface area contributed by atoms with E-state index >= 15 is 0 Å². The summed E-state index contributed by atoms with van der Waals surface area (Å²) in [5.41, 5.74) is 3.39. The summed E-state index contributed by atoms with van der Waals surface area (Å²) >= 11 is 0. The van der Waals surface area contributed by atoms with Crippen LogP contribution < -0.4 is 5.32 Å². The Morgan fingerprint density at radius 1 is 1.00 bits per heavy atom. The van der Waals surface area contributed by atoms with Crippen LogP contribution in [0.3, 0.4) is 0 Å². The van der Waals surface area contributed by atoms with Gasteiger partial charge < -0.3 is 20.1 Å². The predicted molar refractivity (Wildman–Crippen MR) is 133 cm³/mol. The molecule has 186 valence electrons. The number of carbonyl (C=O) groups is 2. The number of hydrogen-bond acceptors (Lipinski definition) is 6. The molecule has 1 aromatic rings. The number of benzene rings is 1. The van der Waals surface area contributed by atoms with Crippen molar-refractivity contribution in [2.24, 2.45) is 5.92 Å². The number of nitrogens with zero attached hydrogens (tertiary/aromatic N) is 2. The van der Waals surface area contributed by atoms with Gasteiger partial charge in [-0.2, -0.15) is 0 Å². The largest absolute Gasteiger partial charge is 0.478 e. The standard InChI is InChI=1S/C27H39N3O4/c1-4-5-12-23-24(26(31)32)20(2)28-21(3)25(23)27(33)34-18-9-13-29-14-16-30(17-15-29)19-22-10-7-6-8-11-22/h6-8,10-11,23,28H,4-5,9,12-19H2,1-3H3,(H,31,32). The van der Waals surface area contributed by atoms with Gasteiger partial charge in [0.15, 0.2) is 0 Å². The monoisotopic (exact) mass is 469 g/mol. The molecule has 0 amide bonds. The number of rotatable bonds is 11. The lowest BCUT2D eigenvalue weighted by atomic mass is 9.82. The third-order valence-electron chi connectivity index (χ3n) is 6.74. The molecule has 2 aliphatic rings. The minimum atomic E-state index is -0.977. The number of carboxylic acids is 1. The third kappa shape index (κ3) is 6.93. The van der Waals surface area contributed by atoms with E-state index in [4.69, 9.17) is 4.74 Å². The van der Waals surface area contributed by atoms with Crippen molar-refractivity contribution in [2.45, 2.75) is 53.0 Å². The fourth-order valence-corrected chi connectivity index (χ4v) is 4.93. The zero-order chi connectivity index (χ0) is 24.5. The minimum Gasteiger partial charge on any atom is -0.478 e. The van der Waals surface area contributed by atoms with Gasteiger partial charge in [0.2, 0.25) is 0 Å². The van der Waals surface area contributed by atoms with Crippen molar-refractivity contribution in [1.82, 2.24) is 15.1 Å². The molecular formula is C27H39N3O4. The molecule has 1 aromatic carbocycles. The second kappa shape index (κ2) is 12.7. The van der Waals surface area contributed by atoms with Crippen molar-refractivity contribution in [2.75, 3.05) is 39.3 Å². The molecule has 34 heavy (non-hydrogen) atoms. The van der Waals surface area contributed by atoms with Crippen molar-refractivity contribution >= 4 is 11.9 Å². The topological polar surface area (TPSA) is 82.1 Å². The van der Waals surface area contributed by atoms with Gasteiger partial charge in [-0.05, 0) is 32.3 Å². The summed E-state index contributed by atoms with van der Waals surface area (Å²) in [6, 6.07) is 10.6. The van der Waals surface area contributed by atoms with Gasteiger partial charge in [-0.15, -0.1) is 0 Å². The number of esters is 1. The predicted octanol–water partition coefficient (Wildman–Crippen LogP) is 3.78. The van der Waals surface area contributed by atoms with Gasteiger partial charge in [0, 0.05) is 56.6 Å². The normalized spacial score (nSPS) is 19.8. The number of carbonyl (C=O) groups excluding carboxylic acids is 1. The van der Waals surface area contributed by atoms with Gasteiger partial charge in [-0.25, -0.2) is 9.59 Å². The average Bonchev–Trinajstić information content (AvgIpc) is 2.81. The highest BCUT2D eigenvalue weighted by Crippen LogP contribution is 2.34. The summed E-state index contributed by atoms with van der Waals surface area (Å²) in [7, 11) is 0. The van der Waals surface area contributed by atoms with E-state index in [0.717, 1.165) is 58.5 Å². The van der Waals surface area contributed by atoms with Crippen molar-refractivity contribution < 1.29 is 19.4 Å². The smallest absolute Gasteiger partial charge is 0.336 e. The molecule has 1 saturated heterocycles. The van der Waals surface area contributed by atoms with Crippen LogP contribution in [0, 0.1) is 5.92 Å². The number of aliphatic carboxylic acids is 1. The van der Waals surface area contributed by atoms with Crippen LogP contribution in [0.1, 0.15) is 52.0 Å². The number of hydrogen-bond donors (Lipinski definition) is 2. The fraction of sp³-hybridized carbons (Fsp3) is 0.556. The number of dihydropyridines is 1. The SMILES string of the molecule is CCCCC1C(C(=O)O)=C(C)NC(C)=C1C(=O)OCCCN1CCN(Cc2ccccc2)CC1. The molecule has 1 fully saturated rings. The Morgan fingerprint density at radius 3 is 2.29 bits per heavy atom. The van der Waals surface area contributed by atoms with Gasteiger partial charge in [0.05, 0.1) is 17.8 Å². The number of ether oxygens (including phenoxy) is 1. The van der Waals surface area contributed by atoms with Crippen LogP contribution in [0.5, 0.6) is 0 Å². The first-order valence-electron chi connectivity index (χ1n) is 12.5. The molecule has 0 saturated carbocycles. The van der Waals surface area contributed by atoms with E-state index in [1.165, 1.54) is 5.56 Å². The molecule has 0 spiro atoms. The summed E-state index contributed by atoms with van der Waals surface area (Å²) < 4.78 is 5.63. The molecule has 3 rings (SSSR count). The highest BCUT2D eigenvalue weighted by molar-refractivity contribution is 5.97. The Morgan fingerprint density at radius 2 is 1.65 bits per heavy atom. The summed E-state index contributed by atoms with van der Waals surface area (Å²) in [5, 5.41) is 12.8. The van der Waals surface area contributed by atoms with Crippen LogP contribution in [-0.4, -0.2) is 66.2 Å². The van der Waals surface area contributed by atoms with Gasteiger partial charge in [0.1, 0.15) is 0 Å². The molecule has 1 unspecified atom stereocenters. The maximum absolute atomic E-state index is 13.0. The average molecular weight is 470 g/mol. The van der Waals surface area contributed by atoms with E-state index in [2.05, 4.69) is 46.3 Å². The Kier molecular flexibility index (Phi) is 9.72. The highest BCUT2D eigenvalue weighted by Gasteiger charge is 2.35. The number of carboxylic acid groups (broad SMARTS) is 1. The van der Waals surface area contributed by atoms with Gasteiger partial charge >= 0.3 is 11.9 Å².